The number of esters is 1. The Balaban J connectivity index is 1.91. The molecule has 0 bridgehead atoms. The Morgan fingerprint density at radius 1 is 1.14 bits per heavy atom. The summed E-state index contributed by atoms with van der Waals surface area (Å²) in [5, 5.41) is 40.9. The summed E-state index contributed by atoms with van der Waals surface area (Å²) >= 11 is 0. The van der Waals surface area contributed by atoms with Crippen molar-refractivity contribution < 1.29 is 49.0 Å². The number of benzene rings is 1. The van der Waals surface area contributed by atoms with Crippen molar-refractivity contribution in [1.82, 2.24) is 5.32 Å². The highest BCUT2D eigenvalue weighted by Gasteiger charge is 2.44. The highest BCUT2D eigenvalue weighted by atomic mass is 16.7. The van der Waals surface area contributed by atoms with Crippen LogP contribution >= 0.6 is 0 Å². The minimum Gasteiger partial charge on any atom is -0.467 e. The maximum Gasteiger partial charge on any atom is 0.408 e. The van der Waals surface area contributed by atoms with Crippen LogP contribution in [-0.2, 0) is 30.3 Å². The summed E-state index contributed by atoms with van der Waals surface area (Å²) in [5.41, 5.74) is 0.745. The molecule has 11 nitrogen and oxygen atoms in total. The van der Waals surface area contributed by atoms with Crippen LogP contribution in [0.25, 0.3) is 0 Å². The molecule has 1 aliphatic rings. The Morgan fingerprint density at radius 2 is 1.83 bits per heavy atom. The van der Waals surface area contributed by atoms with Gasteiger partial charge in [-0.05, 0) is 5.56 Å². The van der Waals surface area contributed by atoms with E-state index in [0.29, 0.717) is 0 Å². The van der Waals surface area contributed by atoms with Crippen molar-refractivity contribution in [2.45, 2.75) is 43.4 Å². The van der Waals surface area contributed by atoms with E-state index >= 15 is 0 Å². The molecule has 0 radical (unpaired) electrons. The summed E-state index contributed by atoms with van der Waals surface area (Å²) in [6, 6.07) is 7.59. The summed E-state index contributed by atoms with van der Waals surface area (Å²) in [6.07, 6.45) is -8.35. The van der Waals surface area contributed by atoms with E-state index < -0.39 is 62.0 Å². The Hall–Kier alpha value is -2.28. The van der Waals surface area contributed by atoms with Crippen molar-refractivity contribution in [3.05, 3.63) is 35.9 Å². The number of aliphatic hydroxyl groups excluding tert-OH is 4. The highest BCUT2D eigenvalue weighted by Crippen LogP contribution is 2.22. The number of nitrogens with one attached hydrogen (secondary N) is 1. The standard InChI is InChI=1S/C18H25NO10/c1-26-16(24)11(19-18(25)28-8-10-5-3-2-4-6-10)9-27-17-15(23)14(22)13(21)12(7-20)29-17/h2-6,11-15,17,20-23H,7-9H2,1H3,(H,19,25)/t11-,12-,13-,14+,15-,17-/m1/s1. The van der Waals surface area contributed by atoms with Crippen LogP contribution in [0.3, 0.4) is 0 Å². The Bertz CT molecular complexity index is 655. The number of ether oxygens (including phenoxy) is 4. The first kappa shape index (κ1) is 23.0. The molecule has 1 amide bonds. The number of rotatable bonds is 8. The lowest BCUT2D eigenvalue weighted by Crippen LogP contribution is -2.59. The molecule has 0 spiro atoms. The second-order valence-corrected chi connectivity index (χ2v) is 6.31. The zero-order valence-electron chi connectivity index (χ0n) is 15.7. The molecule has 5 N–H and O–H groups in total. The van der Waals surface area contributed by atoms with Crippen LogP contribution in [0.1, 0.15) is 5.56 Å². The van der Waals surface area contributed by atoms with Crippen LogP contribution in [-0.4, -0.2) is 89.6 Å². The van der Waals surface area contributed by atoms with Crippen LogP contribution in [0, 0.1) is 0 Å². The van der Waals surface area contributed by atoms with Gasteiger partial charge in [0.25, 0.3) is 0 Å². The van der Waals surface area contributed by atoms with Crippen LogP contribution in [0.2, 0.25) is 0 Å². The second-order valence-electron chi connectivity index (χ2n) is 6.31. The summed E-state index contributed by atoms with van der Waals surface area (Å²) in [7, 11) is 1.11. The summed E-state index contributed by atoms with van der Waals surface area (Å²) in [6.45, 7) is -1.14. The number of methoxy groups -OCH3 is 1. The first-order valence-electron chi connectivity index (χ1n) is 8.84. The molecule has 1 aromatic rings. The number of carbonyl (C=O) groups excluding carboxylic acids is 2. The first-order valence-corrected chi connectivity index (χ1v) is 8.84. The molecule has 29 heavy (non-hydrogen) atoms. The first-order chi connectivity index (χ1) is 13.9. The van der Waals surface area contributed by atoms with Crippen molar-refractivity contribution >= 4 is 12.1 Å². The van der Waals surface area contributed by atoms with Gasteiger partial charge in [-0.3, -0.25) is 0 Å². The minimum atomic E-state index is -1.64. The monoisotopic (exact) mass is 415 g/mol. The molecular formula is C18H25NO10. The fourth-order valence-electron chi connectivity index (χ4n) is 2.61. The molecule has 2 rings (SSSR count). The van der Waals surface area contributed by atoms with E-state index in [4.69, 9.17) is 14.2 Å². The second kappa shape index (κ2) is 11.0. The van der Waals surface area contributed by atoms with E-state index in [-0.39, 0.29) is 6.61 Å². The van der Waals surface area contributed by atoms with Gasteiger partial charge >= 0.3 is 12.1 Å². The van der Waals surface area contributed by atoms with E-state index in [1.807, 2.05) is 6.07 Å². The number of hydrogen-bond donors (Lipinski definition) is 5. The van der Waals surface area contributed by atoms with E-state index in [0.717, 1.165) is 12.7 Å². The fraction of sp³-hybridized carbons (Fsp3) is 0.556. The molecule has 0 saturated carbocycles. The van der Waals surface area contributed by atoms with Gasteiger partial charge in [0.1, 0.15) is 31.0 Å². The van der Waals surface area contributed by atoms with Crippen LogP contribution in [0.15, 0.2) is 30.3 Å². The zero-order chi connectivity index (χ0) is 21.4. The normalized spacial score (nSPS) is 27.7. The lowest BCUT2D eigenvalue weighted by Gasteiger charge is -2.39. The van der Waals surface area contributed by atoms with Crippen LogP contribution in [0.5, 0.6) is 0 Å². The Kier molecular flexibility index (Phi) is 8.76. The number of aliphatic hydroxyl groups is 4. The van der Waals surface area contributed by atoms with Gasteiger partial charge in [-0.2, -0.15) is 0 Å². The number of hydrogen-bond acceptors (Lipinski definition) is 10. The molecule has 1 heterocycles. The van der Waals surface area contributed by atoms with E-state index in [9.17, 15) is 30.0 Å². The fourth-order valence-corrected chi connectivity index (χ4v) is 2.61. The van der Waals surface area contributed by atoms with Crippen molar-refractivity contribution in [1.29, 1.82) is 0 Å². The predicted octanol–water partition coefficient (Wildman–Crippen LogP) is -1.73. The predicted molar refractivity (Wildman–Crippen MR) is 95.3 cm³/mol. The van der Waals surface area contributed by atoms with Crippen LogP contribution in [0.4, 0.5) is 4.79 Å². The largest absolute Gasteiger partial charge is 0.467 e. The summed E-state index contributed by atoms with van der Waals surface area (Å²) in [4.78, 5) is 23.9. The maximum atomic E-state index is 12.0. The van der Waals surface area contributed by atoms with Crippen molar-refractivity contribution in [3.8, 4) is 0 Å². The lowest BCUT2D eigenvalue weighted by atomic mass is 9.99. The SMILES string of the molecule is COC(=O)[C@@H](CO[C@@H]1O[C@H](CO)[C@@H](O)[C@H](O)[C@H]1O)NC(=O)OCc1ccccc1. The van der Waals surface area contributed by atoms with Gasteiger partial charge in [0, 0.05) is 0 Å². The third kappa shape index (κ3) is 6.35. The molecule has 0 aromatic heterocycles. The van der Waals surface area contributed by atoms with E-state index in [2.05, 4.69) is 10.1 Å². The smallest absolute Gasteiger partial charge is 0.408 e. The quantitative estimate of drug-likeness (QED) is 0.308. The molecule has 1 aromatic carbocycles. The minimum absolute atomic E-state index is 0.0197. The number of alkyl carbamates (subject to hydrolysis) is 1. The average molecular weight is 415 g/mol. The molecule has 162 valence electrons. The number of carbonyl (C=O) groups is 2. The molecule has 6 atom stereocenters. The molecule has 11 heteroatoms. The van der Waals surface area contributed by atoms with Gasteiger partial charge in [-0.15, -0.1) is 0 Å². The van der Waals surface area contributed by atoms with E-state index in [1.54, 1.807) is 24.3 Å². The topological polar surface area (TPSA) is 164 Å². The maximum absolute atomic E-state index is 12.0. The molecule has 1 fully saturated rings. The molecule has 0 unspecified atom stereocenters. The van der Waals surface area contributed by atoms with E-state index in [1.165, 1.54) is 0 Å². The zero-order valence-corrected chi connectivity index (χ0v) is 15.7. The summed E-state index contributed by atoms with van der Waals surface area (Å²) < 4.78 is 20.1. The molecular weight excluding hydrogens is 390 g/mol. The summed E-state index contributed by atoms with van der Waals surface area (Å²) in [5.74, 6) is -0.841. The van der Waals surface area contributed by atoms with Gasteiger partial charge in [0.2, 0.25) is 0 Å². The van der Waals surface area contributed by atoms with Gasteiger partial charge in [0.05, 0.1) is 20.3 Å². The van der Waals surface area contributed by atoms with Crippen molar-refractivity contribution in [2.75, 3.05) is 20.3 Å². The molecule has 0 aliphatic carbocycles. The highest BCUT2D eigenvalue weighted by molar-refractivity contribution is 5.81. The van der Waals surface area contributed by atoms with Gasteiger partial charge in [-0.25, -0.2) is 9.59 Å². The number of amides is 1. The Morgan fingerprint density at radius 3 is 2.45 bits per heavy atom. The van der Waals surface area contributed by atoms with Crippen LogP contribution < -0.4 is 5.32 Å². The molecule has 1 aliphatic heterocycles. The third-order valence-electron chi connectivity index (χ3n) is 4.27. The Labute approximate surface area is 166 Å². The third-order valence-corrected chi connectivity index (χ3v) is 4.27. The van der Waals surface area contributed by atoms with Gasteiger partial charge < -0.3 is 44.7 Å². The van der Waals surface area contributed by atoms with Crippen molar-refractivity contribution in [2.24, 2.45) is 0 Å². The van der Waals surface area contributed by atoms with Crippen molar-refractivity contribution in [3.63, 3.8) is 0 Å². The van der Waals surface area contributed by atoms with Gasteiger partial charge in [-0.1, -0.05) is 30.3 Å². The van der Waals surface area contributed by atoms with Gasteiger partial charge in [0.15, 0.2) is 12.3 Å². The average Bonchev–Trinajstić information content (AvgIpc) is 2.74. The molecule has 1 saturated heterocycles. The lowest BCUT2D eigenvalue weighted by molar-refractivity contribution is -0.301.